The number of carboxylic acid groups (broad SMARTS) is 1. The van der Waals surface area contributed by atoms with E-state index in [1.165, 1.54) is 46.4 Å². The van der Waals surface area contributed by atoms with Gasteiger partial charge in [-0.15, -0.1) is 10.2 Å². The number of benzene rings is 6. The highest BCUT2D eigenvalue weighted by atomic mass is 35.5. The first kappa shape index (κ1) is 68.3. The number of carbonyl (C=O) groups is 6. The predicted octanol–water partition coefficient (Wildman–Crippen LogP) is 7.17. The zero-order valence-electron chi connectivity index (χ0n) is 46.9. The fourth-order valence-corrected chi connectivity index (χ4v) is 8.09. The fraction of sp³-hybridized carbons (Fsp3) is 0.207. The van der Waals surface area contributed by atoms with Crippen molar-refractivity contribution in [3.63, 3.8) is 0 Å². The Bertz CT molecular complexity index is 3800. The molecule has 0 saturated carbocycles. The second kappa shape index (κ2) is 33.9. The van der Waals surface area contributed by atoms with Gasteiger partial charge in [0.1, 0.15) is 11.6 Å². The highest BCUT2D eigenvalue weighted by Gasteiger charge is 2.26. The summed E-state index contributed by atoms with van der Waals surface area (Å²) >= 11 is 17.0. The number of nitrogens with one attached hydrogen (secondary N) is 4. The molecule has 0 unspecified atom stereocenters. The molecule has 468 valence electrons. The third-order valence-electron chi connectivity index (χ3n) is 11.7. The first-order valence-corrected chi connectivity index (χ1v) is 27.6. The van der Waals surface area contributed by atoms with E-state index in [9.17, 15) is 57.4 Å². The second-order valence-electron chi connectivity index (χ2n) is 18.1. The summed E-state index contributed by atoms with van der Waals surface area (Å²) in [5.74, 6) is -5.85. The maximum absolute atomic E-state index is 14.3. The molecule has 0 fully saturated rings. The number of aliphatic carboxylic acids is 1. The van der Waals surface area contributed by atoms with Crippen molar-refractivity contribution in [3.8, 4) is 33.6 Å². The molecule has 0 spiro atoms. The molecule has 0 aliphatic rings. The van der Waals surface area contributed by atoms with Crippen molar-refractivity contribution in [1.82, 2.24) is 50.4 Å². The highest BCUT2D eigenvalue weighted by Crippen LogP contribution is 2.28. The molecule has 2 aromatic heterocycles. The van der Waals surface area contributed by atoms with Crippen molar-refractivity contribution >= 4 is 70.9 Å². The van der Waals surface area contributed by atoms with E-state index in [1.807, 2.05) is 0 Å². The number of ether oxygens (including phenoxy) is 5. The normalized spacial score (nSPS) is 11.4. The van der Waals surface area contributed by atoms with E-state index in [4.69, 9.17) is 44.6 Å². The van der Waals surface area contributed by atoms with Crippen molar-refractivity contribution < 1.29 is 76.6 Å². The minimum Gasteiger partial charge on any atom is -0.479 e. The number of para-hydroxylation sites is 2. The van der Waals surface area contributed by atoms with Crippen LogP contribution in [0.15, 0.2) is 155 Å². The maximum Gasteiger partial charge on any atom is 0.511 e. The average Bonchev–Trinajstić information content (AvgIpc) is 3.51. The van der Waals surface area contributed by atoms with Crippen molar-refractivity contribution in [1.29, 1.82) is 0 Å². The number of alkyl halides is 1. The topological polar surface area (TPSA) is 341 Å². The van der Waals surface area contributed by atoms with E-state index < -0.39 is 91.2 Å². The molecule has 0 bridgehead atoms. The first-order valence-electron chi connectivity index (χ1n) is 26.3. The number of aromatic nitrogens is 6. The number of hydrogen-bond donors (Lipinski definition) is 7. The third kappa shape index (κ3) is 21.0. The molecule has 0 aliphatic heterocycles. The third-order valence-corrected chi connectivity index (χ3v) is 12.3. The number of aromatic amines is 2. The lowest BCUT2D eigenvalue weighted by atomic mass is 10.0. The van der Waals surface area contributed by atoms with Crippen LogP contribution in [-0.2, 0) is 46.4 Å². The van der Waals surface area contributed by atoms with Crippen molar-refractivity contribution in [2.75, 3.05) is 39.2 Å². The van der Waals surface area contributed by atoms with E-state index in [1.54, 1.807) is 123 Å². The van der Waals surface area contributed by atoms with Crippen LogP contribution in [-0.4, -0.2) is 142 Å². The van der Waals surface area contributed by atoms with E-state index >= 15 is 0 Å². The standard InChI is InChI=1S/C29H27ClFN5O8.C25H21ClFN5O5.C4H7ClO3/c1-2-42-29(41)44-17-43-27(39)24(37)16-35(15-18-8-10-19(11-9-18)22-14-20(30)12-13-23(22)31)34-26(38)25-32-28(40)36(33-25)21-6-4-3-5-7-21;26-17-10-11-20(27)19(12-17)16-8-6-15(7-9-16)13-31(14-21(33)24(35)36)30-23(34)22-28-25(37)32(29-22)18-4-2-1-3-5-18;1-2-7-4(6)8-3-5/h3-14,24,37H,2,15-17H2,1H3,(H,34,38)(H,32,33,40);1-12,21,33H,13-14H2,(H,30,34)(H,35,36)(H,28,29,37);2-3H2,1H3/t24-;21-;/m11./s1. The Kier molecular flexibility index (Phi) is 26.0. The molecule has 0 radical (unpaired) electrons. The molecule has 31 heteroatoms. The van der Waals surface area contributed by atoms with Crippen molar-refractivity contribution in [3.05, 3.63) is 211 Å². The van der Waals surface area contributed by atoms with Crippen LogP contribution in [0.25, 0.3) is 33.6 Å². The van der Waals surface area contributed by atoms with Gasteiger partial charge in [0, 0.05) is 34.3 Å². The number of carbonyl (C=O) groups excluding carboxylic acids is 5. The van der Waals surface area contributed by atoms with Gasteiger partial charge in [-0.3, -0.25) is 30.4 Å². The molecule has 2 amide bonds. The molecular formula is C58H55Cl3F2N10O16. The van der Waals surface area contributed by atoms with E-state index in [0.29, 0.717) is 55.8 Å². The number of aliphatic hydroxyl groups excluding tert-OH is 2. The number of hydrogen-bond acceptors (Lipinski definition) is 19. The Balaban J connectivity index is 0.000000255. The molecule has 0 saturated heterocycles. The lowest BCUT2D eigenvalue weighted by Gasteiger charge is -2.24. The van der Waals surface area contributed by atoms with Crippen LogP contribution in [0.2, 0.25) is 10.0 Å². The Morgan fingerprint density at radius 2 is 0.978 bits per heavy atom. The number of esters is 1. The molecule has 8 aromatic rings. The number of rotatable bonds is 23. The molecule has 2 atom stereocenters. The minimum absolute atomic E-state index is 0.0159. The van der Waals surface area contributed by atoms with E-state index in [2.05, 4.69) is 50.0 Å². The van der Waals surface area contributed by atoms with E-state index in [0.717, 1.165) is 9.36 Å². The van der Waals surface area contributed by atoms with Gasteiger partial charge in [0.15, 0.2) is 18.3 Å². The average molecular weight is 1290 g/mol. The van der Waals surface area contributed by atoms with Gasteiger partial charge < -0.3 is 39.0 Å². The van der Waals surface area contributed by atoms with Crippen LogP contribution < -0.4 is 22.2 Å². The van der Waals surface area contributed by atoms with E-state index in [-0.39, 0.29) is 43.0 Å². The summed E-state index contributed by atoms with van der Waals surface area (Å²) < 4.78 is 53.0. The second-order valence-corrected chi connectivity index (χ2v) is 19.1. The zero-order chi connectivity index (χ0) is 64.6. The summed E-state index contributed by atoms with van der Waals surface area (Å²) in [5.41, 5.74) is 7.44. The minimum atomic E-state index is -1.80. The molecule has 8 rings (SSSR count). The van der Waals surface area contributed by atoms with Gasteiger partial charge in [0.05, 0.1) is 37.7 Å². The van der Waals surface area contributed by atoms with Gasteiger partial charge in [-0.2, -0.15) is 9.36 Å². The van der Waals surface area contributed by atoms with Gasteiger partial charge in [-0.25, -0.2) is 47.6 Å². The molecule has 7 N–H and O–H groups in total. The largest absolute Gasteiger partial charge is 0.511 e. The van der Waals surface area contributed by atoms with Crippen molar-refractivity contribution in [2.24, 2.45) is 0 Å². The summed E-state index contributed by atoms with van der Waals surface area (Å²) in [6, 6.07) is 38.3. The number of amides is 2. The monoisotopic (exact) mass is 1290 g/mol. The molecular weight excluding hydrogens is 1240 g/mol. The SMILES string of the molecule is CCOC(=O)OCCl.CCOC(=O)OCOC(=O)[C@H](O)CN(Cc1ccc(-c2cc(Cl)ccc2F)cc1)NC(=O)c1nn(-c2ccccc2)c(=O)[nH]1.O=C(NN(Cc1ccc(-c2cc(Cl)ccc2F)cc1)C[C@@H](O)C(=O)O)c1nn(-c2ccccc2)c(=O)[nH]1. The number of aliphatic hydroxyl groups is 2. The van der Waals surface area contributed by atoms with Crippen LogP contribution >= 0.6 is 34.8 Å². The number of hydrazine groups is 2. The molecule has 6 aromatic carbocycles. The summed E-state index contributed by atoms with van der Waals surface area (Å²) in [7, 11) is 0. The number of H-pyrrole nitrogens is 2. The molecule has 2 heterocycles. The maximum atomic E-state index is 14.3. The summed E-state index contributed by atoms with van der Waals surface area (Å²) in [6.45, 7) is 1.79. The first-order chi connectivity index (χ1) is 42.7. The summed E-state index contributed by atoms with van der Waals surface area (Å²) in [6.07, 6.45) is -5.39. The zero-order valence-corrected chi connectivity index (χ0v) is 49.2. The van der Waals surface area contributed by atoms with Crippen LogP contribution in [0, 0.1) is 11.6 Å². The Morgan fingerprint density at radius 1 is 0.573 bits per heavy atom. The van der Waals surface area contributed by atoms with Crippen LogP contribution in [0.1, 0.15) is 46.2 Å². The van der Waals surface area contributed by atoms with Gasteiger partial charge in [0.2, 0.25) is 18.4 Å². The fourth-order valence-electron chi connectivity index (χ4n) is 7.66. The molecule has 89 heavy (non-hydrogen) atoms. The Morgan fingerprint density at radius 3 is 1.37 bits per heavy atom. The Hall–Kier alpha value is -9.81. The molecule has 26 nitrogen and oxygen atoms in total. The van der Waals surface area contributed by atoms with Crippen LogP contribution in [0.4, 0.5) is 18.4 Å². The quantitative estimate of drug-likeness (QED) is 0.0110. The van der Waals surface area contributed by atoms with Crippen molar-refractivity contribution in [2.45, 2.75) is 39.1 Å². The van der Waals surface area contributed by atoms with Crippen LogP contribution in [0.5, 0.6) is 0 Å². The summed E-state index contributed by atoms with van der Waals surface area (Å²) in [5, 5.41) is 40.6. The molecule has 0 aliphatic carbocycles. The number of nitrogens with zero attached hydrogens (tertiary/aromatic N) is 6. The number of halogens is 5. The number of carboxylic acids is 1. The van der Waals surface area contributed by atoms with Crippen LogP contribution in [0.3, 0.4) is 0 Å². The van der Waals surface area contributed by atoms with Gasteiger partial charge >= 0.3 is 47.4 Å². The van der Waals surface area contributed by atoms with Gasteiger partial charge in [-0.05, 0) is 96.8 Å². The smallest absolute Gasteiger partial charge is 0.479 e. The predicted molar refractivity (Wildman–Crippen MR) is 315 cm³/mol. The lowest BCUT2D eigenvalue weighted by Crippen LogP contribution is -2.48. The van der Waals surface area contributed by atoms with Gasteiger partial charge in [-0.1, -0.05) is 120 Å². The summed E-state index contributed by atoms with van der Waals surface area (Å²) in [4.78, 5) is 100. The highest BCUT2D eigenvalue weighted by molar-refractivity contribution is 6.31. The van der Waals surface area contributed by atoms with Gasteiger partial charge in [0.25, 0.3) is 0 Å². The Labute approximate surface area is 518 Å². The lowest BCUT2D eigenvalue weighted by molar-refractivity contribution is -0.164.